The van der Waals surface area contributed by atoms with Crippen LogP contribution in [0, 0.1) is 5.92 Å². The van der Waals surface area contributed by atoms with Gasteiger partial charge in [0.25, 0.3) is 0 Å². The van der Waals surface area contributed by atoms with Crippen molar-refractivity contribution in [2.45, 2.75) is 45.2 Å². The lowest BCUT2D eigenvalue weighted by molar-refractivity contribution is 0.502. The van der Waals surface area contributed by atoms with Gasteiger partial charge >= 0.3 is 0 Å². The molecule has 3 rings (SSSR count). The molecule has 0 bridgehead atoms. The van der Waals surface area contributed by atoms with E-state index >= 15 is 0 Å². The summed E-state index contributed by atoms with van der Waals surface area (Å²) in [5.41, 5.74) is 4.24. The topological polar surface area (TPSA) is 24.1 Å². The Bertz CT molecular complexity index is 400. The lowest BCUT2D eigenvalue weighted by Gasteiger charge is -2.13. The molecule has 0 radical (unpaired) electrons. The monoisotopic (exact) mass is 230 g/mol. The molecule has 92 valence electrons. The molecule has 0 spiro atoms. The second kappa shape index (κ2) is 4.69. The molecule has 2 unspecified atom stereocenters. The molecule has 1 heterocycles. The molecule has 0 saturated heterocycles. The first-order chi connectivity index (χ1) is 8.31. The molecule has 2 N–H and O–H groups in total. The molecule has 2 heteroatoms. The minimum Gasteiger partial charge on any atom is -0.384 e. The standard InChI is InChI=1S/C15H22N2/c1-11-2-5-14(8-11)17-10-12-3-4-13-6-7-16-15(13)9-12/h3-4,9,11,14,16-17H,2,5-8,10H2,1H3. The second-order valence-electron chi connectivity index (χ2n) is 5.66. The van der Waals surface area contributed by atoms with Crippen molar-refractivity contribution in [3.05, 3.63) is 29.3 Å². The van der Waals surface area contributed by atoms with Gasteiger partial charge in [-0.05, 0) is 48.8 Å². The van der Waals surface area contributed by atoms with E-state index in [1.807, 2.05) is 0 Å². The summed E-state index contributed by atoms with van der Waals surface area (Å²) in [6, 6.07) is 7.61. The van der Waals surface area contributed by atoms with Crippen molar-refractivity contribution in [2.24, 2.45) is 5.92 Å². The van der Waals surface area contributed by atoms with Crippen LogP contribution < -0.4 is 10.6 Å². The quantitative estimate of drug-likeness (QED) is 0.834. The summed E-state index contributed by atoms with van der Waals surface area (Å²) in [6.07, 6.45) is 5.28. The van der Waals surface area contributed by atoms with Gasteiger partial charge in [0.1, 0.15) is 0 Å². The van der Waals surface area contributed by atoms with Gasteiger partial charge in [0, 0.05) is 24.8 Å². The molecule has 1 aliphatic carbocycles. The van der Waals surface area contributed by atoms with E-state index in [0.717, 1.165) is 25.0 Å². The molecule has 2 nitrogen and oxygen atoms in total. The number of nitrogens with one attached hydrogen (secondary N) is 2. The van der Waals surface area contributed by atoms with Crippen LogP contribution in [-0.2, 0) is 13.0 Å². The van der Waals surface area contributed by atoms with Gasteiger partial charge in [-0.2, -0.15) is 0 Å². The maximum atomic E-state index is 3.69. The third-order valence-electron chi connectivity index (χ3n) is 4.17. The van der Waals surface area contributed by atoms with Crippen molar-refractivity contribution in [2.75, 3.05) is 11.9 Å². The normalized spacial score (nSPS) is 26.9. The first kappa shape index (κ1) is 11.1. The highest BCUT2D eigenvalue weighted by atomic mass is 14.9. The van der Waals surface area contributed by atoms with Crippen LogP contribution in [0.1, 0.15) is 37.3 Å². The van der Waals surface area contributed by atoms with Gasteiger partial charge in [-0.15, -0.1) is 0 Å². The number of fused-ring (bicyclic) bond motifs is 1. The highest BCUT2D eigenvalue weighted by molar-refractivity contribution is 5.56. The van der Waals surface area contributed by atoms with Gasteiger partial charge in [-0.25, -0.2) is 0 Å². The van der Waals surface area contributed by atoms with Crippen LogP contribution in [0.5, 0.6) is 0 Å². The van der Waals surface area contributed by atoms with Gasteiger partial charge in [-0.3, -0.25) is 0 Å². The fourth-order valence-corrected chi connectivity index (χ4v) is 3.10. The van der Waals surface area contributed by atoms with Crippen LogP contribution in [0.25, 0.3) is 0 Å². The molecule has 0 aromatic heterocycles. The molecule has 1 saturated carbocycles. The lowest BCUT2D eigenvalue weighted by Crippen LogP contribution is -2.25. The van der Waals surface area contributed by atoms with Crippen LogP contribution in [-0.4, -0.2) is 12.6 Å². The molecule has 1 aliphatic heterocycles. The van der Waals surface area contributed by atoms with E-state index in [2.05, 4.69) is 35.8 Å². The number of rotatable bonds is 3. The predicted octanol–water partition coefficient (Wildman–Crippen LogP) is 2.93. The molecule has 2 aliphatic rings. The van der Waals surface area contributed by atoms with Gasteiger partial charge in [0.2, 0.25) is 0 Å². The third-order valence-corrected chi connectivity index (χ3v) is 4.17. The summed E-state index contributed by atoms with van der Waals surface area (Å²) in [4.78, 5) is 0. The Balaban J connectivity index is 1.58. The molecule has 1 fully saturated rings. The molecule has 2 atom stereocenters. The van der Waals surface area contributed by atoms with Crippen LogP contribution in [0.3, 0.4) is 0 Å². The van der Waals surface area contributed by atoms with E-state index in [9.17, 15) is 0 Å². The van der Waals surface area contributed by atoms with Crippen molar-refractivity contribution >= 4 is 5.69 Å². The summed E-state index contributed by atoms with van der Waals surface area (Å²) in [5.74, 6) is 0.911. The first-order valence-electron chi connectivity index (χ1n) is 6.90. The largest absolute Gasteiger partial charge is 0.384 e. The maximum absolute atomic E-state index is 3.69. The highest BCUT2D eigenvalue weighted by Gasteiger charge is 2.20. The van der Waals surface area contributed by atoms with Gasteiger partial charge in [0.05, 0.1) is 0 Å². The molecular formula is C15H22N2. The molecule has 0 amide bonds. The van der Waals surface area contributed by atoms with Crippen molar-refractivity contribution in [1.82, 2.24) is 5.32 Å². The van der Waals surface area contributed by atoms with E-state index < -0.39 is 0 Å². The zero-order valence-electron chi connectivity index (χ0n) is 10.6. The van der Waals surface area contributed by atoms with Crippen LogP contribution in [0.15, 0.2) is 18.2 Å². The third kappa shape index (κ3) is 2.47. The van der Waals surface area contributed by atoms with Crippen LogP contribution in [0.4, 0.5) is 5.69 Å². The summed E-state index contributed by atoms with van der Waals surface area (Å²) in [6.45, 7) is 4.49. The SMILES string of the molecule is CC1CCC(NCc2ccc3c(c2)NCC3)C1. The first-order valence-corrected chi connectivity index (χ1v) is 6.90. The van der Waals surface area contributed by atoms with Crippen molar-refractivity contribution < 1.29 is 0 Å². The van der Waals surface area contributed by atoms with Gasteiger partial charge < -0.3 is 10.6 Å². The Morgan fingerprint density at radius 2 is 2.29 bits per heavy atom. The fraction of sp³-hybridized carbons (Fsp3) is 0.600. The van der Waals surface area contributed by atoms with Gasteiger partial charge in [-0.1, -0.05) is 19.1 Å². The molecule has 1 aromatic carbocycles. The van der Waals surface area contributed by atoms with E-state index in [4.69, 9.17) is 0 Å². The summed E-state index contributed by atoms with van der Waals surface area (Å²) < 4.78 is 0. The van der Waals surface area contributed by atoms with Crippen molar-refractivity contribution in [1.29, 1.82) is 0 Å². The Morgan fingerprint density at radius 1 is 1.35 bits per heavy atom. The summed E-state index contributed by atoms with van der Waals surface area (Å²) in [7, 11) is 0. The Hall–Kier alpha value is -1.02. The van der Waals surface area contributed by atoms with Crippen LogP contribution >= 0.6 is 0 Å². The van der Waals surface area contributed by atoms with E-state index in [1.165, 1.54) is 42.5 Å². The summed E-state index contributed by atoms with van der Waals surface area (Å²) >= 11 is 0. The van der Waals surface area contributed by atoms with E-state index in [1.54, 1.807) is 0 Å². The number of hydrogen-bond acceptors (Lipinski definition) is 2. The number of benzene rings is 1. The number of hydrogen-bond donors (Lipinski definition) is 2. The minimum absolute atomic E-state index is 0.742. The van der Waals surface area contributed by atoms with Crippen molar-refractivity contribution in [3.8, 4) is 0 Å². The Morgan fingerprint density at radius 3 is 3.12 bits per heavy atom. The Kier molecular flexibility index (Phi) is 3.06. The van der Waals surface area contributed by atoms with Gasteiger partial charge in [0.15, 0.2) is 0 Å². The average Bonchev–Trinajstić information content (AvgIpc) is 2.94. The molecular weight excluding hydrogens is 208 g/mol. The van der Waals surface area contributed by atoms with Crippen molar-refractivity contribution in [3.63, 3.8) is 0 Å². The highest BCUT2D eigenvalue weighted by Crippen LogP contribution is 2.26. The minimum atomic E-state index is 0.742. The fourth-order valence-electron chi connectivity index (χ4n) is 3.10. The molecule has 1 aromatic rings. The predicted molar refractivity (Wildman–Crippen MR) is 72.3 cm³/mol. The number of anilines is 1. The second-order valence-corrected chi connectivity index (χ2v) is 5.66. The van der Waals surface area contributed by atoms with Crippen LogP contribution in [0.2, 0.25) is 0 Å². The van der Waals surface area contributed by atoms with E-state index in [-0.39, 0.29) is 0 Å². The molecule has 17 heavy (non-hydrogen) atoms. The zero-order chi connectivity index (χ0) is 11.7. The summed E-state index contributed by atoms with van der Waals surface area (Å²) in [5, 5.41) is 7.14. The Labute approximate surface area is 104 Å². The lowest BCUT2D eigenvalue weighted by atomic mass is 10.1. The zero-order valence-corrected chi connectivity index (χ0v) is 10.6. The maximum Gasteiger partial charge on any atom is 0.0376 e. The smallest absolute Gasteiger partial charge is 0.0376 e. The van der Waals surface area contributed by atoms with E-state index in [0.29, 0.717) is 0 Å². The average molecular weight is 230 g/mol.